The van der Waals surface area contributed by atoms with Gasteiger partial charge >= 0.3 is 88.6 Å². The number of rotatable bonds is 2. The van der Waals surface area contributed by atoms with Crippen LogP contribution in [0.1, 0.15) is 25.0 Å². The van der Waals surface area contributed by atoms with Crippen LogP contribution in [0.4, 0.5) is 0 Å². The van der Waals surface area contributed by atoms with Gasteiger partial charge in [-0.3, -0.25) is 0 Å². The maximum atomic E-state index is 8.55. The van der Waals surface area contributed by atoms with E-state index in [-0.39, 0.29) is 0 Å². The Labute approximate surface area is 88.7 Å². The SMILES string of the molecule is C[C](=[W])c1ccc(/C(C)=N/O)cc1. The van der Waals surface area contributed by atoms with E-state index in [0.29, 0.717) is 5.71 Å². The van der Waals surface area contributed by atoms with E-state index in [1.807, 2.05) is 24.3 Å². The second-order valence-corrected chi connectivity index (χ2v) is 5.02. The standard InChI is InChI=1S/C10H11NO.W/c1-3-9-4-6-10(7-5-9)8(2)11-12;/h4-7,12H,1-2H3;/b11-8+;. The van der Waals surface area contributed by atoms with Gasteiger partial charge in [-0.2, -0.15) is 0 Å². The molecule has 0 aliphatic carbocycles. The van der Waals surface area contributed by atoms with Gasteiger partial charge in [0.2, 0.25) is 0 Å². The Morgan fingerprint density at radius 2 is 1.62 bits per heavy atom. The first kappa shape index (κ1) is 10.3. The van der Waals surface area contributed by atoms with Crippen LogP contribution in [-0.2, 0) is 19.4 Å². The zero-order chi connectivity index (χ0) is 9.84. The molecule has 0 spiro atoms. The van der Waals surface area contributed by atoms with Crippen molar-refractivity contribution in [2.24, 2.45) is 5.16 Å². The predicted molar refractivity (Wildman–Crippen MR) is 50.2 cm³/mol. The van der Waals surface area contributed by atoms with Gasteiger partial charge in [0.05, 0.1) is 0 Å². The summed E-state index contributed by atoms with van der Waals surface area (Å²) in [6, 6.07) is 8.03. The number of hydrogen-bond acceptors (Lipinski definition) is 2. The quantitative estimate of drug-likeness (QED) is 0.496. The molecular formula is C10H11NOW. The molecule has 1 rings (SSSR count). The molecule has 0 amide bonds. The van der Waals surface area contributed by atoms with E-state index < -0.39 is 0 Å². The first-order valence-corrected chi connectivity index (χ1v) is 5.42. The number of nitrogens with zero attached hydrogens (tertiary/aromatic N) is 1. The molecule has 13 heavy (non-hydrogen) atoms. The zero-order valence-electron chi connectivity index (χ0n) is 7.61. The number of oxime groups is 1. The Bertz CT molecular complexity index is 340. The number of benzene rings is 1. The van der Waals surface area contributed by atoms with E-state index in [0.717, 1.165) is 5.56 Å². The van der Waals surface area contributed by atoms with E-state index in [2.05, 4.69) is 12.1 Å². The summed E-state index contributed by atoms with van der Waals surface area (Å²) in [5.74, 6) is 0. The fourth-order valence-electron chi connectivity index (χ4n) is 1.00. The molecule has 0 radical (unpaired) electrons. The Morgan fingerprint density at radius 1 is 1.15 bits per heavy atom. The van der Waals surface area contributed by atoms with Gasteiger partial charge in [0.1, 0.15) is 0 Å². The van der Waals surface area contributed by atoms with Crippen molar-refractivity contribution >= 4 is 9.61 Å². The van der Waals surface area contributed by atoms with Crippen LogP contribution in [0.15, 0.2) is 29.4 Å². The molecule has 1 N–H and O–H groups in total. The van der Waals surface area contributed by atoms with E-state index in [1.54, 1.807) is 6.92 Å². The van der Waals surface area contributed by atoms with Crippen molar-refractivity contribution in [3.63, 3.8) is 0 Å². The second kappa shape index (κ2) is 4.47. The van der Waals surface area contributed by atoms with E-state index in [9.17, 15) is 0 Å². The summed E-state index contributed by atoms with van der Waals surface area (Å²) in [6.07, 6.45) is 0. The normalized spacial score (nSPS) is 11.4. The van der Waals surface area contributed by atoms with Crippen LogP contribution in [0.2, 0.25) is 0 Å². The molecule has 0 fully saturated rings. The Hall–Kier alpha value is -0.752. The van der Waals surface area contributed by atoms with Crippen LogP contribution < -0.4 is 0 Å². The van der Waals surface area contributed by atoms with Gasteiger partial charge in [-0.05, 0) is 0 Å². The molecule has 0 saturated heterocycles. The van der Waals surface area contributed by atoms with E-state index in [1.165, 1.54) is 28.8 Å². The third-order valence-corrected chi connectivity index (χ3v) is 2.71. The molecule has 68 valence electrons. The summed E-state index contributed by atoms with van der Waals surface area (Å²) in [6.45, 7) is 3.89. The first-order chi connectivity index (χ1) is 6.15. The van der Waals surface area contributed by atoms with Gasteiger partial charge in [0.25, 0.3) is 0 Å². The Morgan fingerprint density at radius 3 is 2.00 bits per heavy atom. The van der Waals surface area contributed by atoms with Gasteiger partial charge in [0.15, 0.2) is 0 Å². The molecule has 0 bridgehead atoms. The monoisotopic (exact) mass is 345 g/mol. The number of hydrogen-bond donors (Lipinski definition) is 1. The minimum atomic E-state index is 0.646. The summed E-state index contributed by atoms with van der Waals surface area (Å²) < 4.78 is 1.37. The molecule has 0 heterocycles. The van der Waals surface area contributed by atoms with Gasteiger partial charge in [-0.1, -0.05) is 0 Å². The van der Waals surface area contributed by atoms with Crippen molar-refractivity contribution in [2.75, 3.05) is 0 Å². The van der Waals surface area contributed by atoms with Crippen LogP contribution >= 0.6 is 0 Å². The second-order valence-electron chi connectivity index (χ2n) is 2.82. The molecule has 0 saturated carbocycles. The molecular weight excluding hydrogens is 334 g/mol. The predicted octanol–water partition coefficient (Wildman–Crippen LogP) is 1.97. The van der Waals surface area contributed by atoms with Gasteiger partial charge in [0, 0.05) is 0 Å². The summed E-state index contributed by atoms with van der Waals surface area (Å²) in [7, 11) is 0. The van der Waals surface area contributed by atoms with E-state index in [4.69, 9.17) is 5.21 Å². The van der Waals surface area contributed by atoms with Crippen molar-refractivity contribution in [3.05, 3.63) is 35.4 Å². The van der Waals surface area contributed by atoms with Gasteiger partial charge < -0.3 is 0 Å². The molecule has 3 heteroatoms. The van der Waals surface area contributed by atoms with Crippen molar-refractivity contribution in [1.82, 2.24) is 0 Å². The fraction of sp³-hybridized carbons (Fsp3) is 0.200. The minimum absolute atomic E-state index is 0.646. The van der Waals surface area contributed by atoms with Crippen LogP contribution in [0.3, 0.4) is 0 Å². The first-order valence-electron chi connectivity index (χ1n) is 3.95. The van der Waals surface area contributed by atoms with Crippen molar-refractivity contribution in [2.45, 2.75) is 13.8 Å². The van der Waals surface area contributed by atoms with Crippen molar-refractivity contribution in [1.29, 1.82) is 0 Å². The molecule has 0 aromatic heterocycles. The fourth-order valence-corrected chi connectivity index (χ4v) is 1.49. The summed E-state index contributed by atoms with van der Waals surface area (Å²) >= 11 is 1.48. The third kappa shape index (κ3) is 2.60. The van der Waals surface area contributed by atoms with Crippen LogP contribution in [0.5, 0.6) is 0 Å². The van der Waals surface area contributed by atoms with Gasteiger partial charge in [-0.25, -0.2) is 0 Å². The van der Waals surface area contributed by atoms with Gasteiger partial charge in [-0.15, -0.1) is 0 Å². The molecule has 0 aliphatic heterocycles. The van der Waals surface area contributed by atoms with Crippen LogP contribution in [0, 0.1) is 0 Å². The van der Waals surface area contributed by atoms with Crippen molar-refractivity contribution < 1.29 is 24.6 Å². The van der Waals surface area contributed by atoms with Crippen LogP contribution in [-0.4, -0.2) is 14.8 Å². The molecule has 0 unspecified atom stereocenters. The third-order valence-electron chi connectivity index (χ3n) is 1.86. The van der Waals surface area contributed by atoms with E-state index >= 15 is 0 Å². The Kier molecular flexibility index (Phi) is 3.56. The molecule has 2 nitrogen and oxygen atoms in total. The summed E-state index contributed by atoms with van der Waals surface area (Å²) in [5, 5.41) is 11.7. The van der Waals surface area contributed by atoms with Crippen LogP contribution in [0.25, 0.3) is 0 Å². The Balaban J connectivity index is 3.00. The summed E-state index contributed by atoms with van der Waals surface area (Å²) in [5.41, 5.74) is 2.86. The maximum absolute atomic E-state index is 8.55. The van der Waals surface area contributed by atoms with Crippen molar-refractivity contribution in [3.8, 4) is 0 Å². The molecule has 0 aliphatic rings. The average Bonchev–Trinajstić information content (AvgIpc) is 2.17. The molecule has 0 atom stereocenters. The molecule has 1 aromatic rings. The topological polar surface area (TPSA) is 32.6 Å². The average molecular weight is 345 g/mol. The molecule has 1 aromatic carbocycles. The zero-order valence-corrected chi connectivity index (χ0v) is 10.5. The summed E-state index contributed by atoms with van der Waals surface area (Å²) in [4.78, 5) is 0.